The molecule has 25 heavy (non-hydrogen) atoms. The van der Waals surface area contributed by atoms with Crippen LogP contribution in [-0.2, 0) is 0 Å². The molecule has 1 aromatic heterocycles. The van der Waals surface area contributed by atoms with Gasteiger partial charge < -0.3 is 16.0 Å². The summed E-state index contributed by atoms with van der Waals surface area (Å²) in [6.07, 6.45) is 8.68. The third-order valence-corrected chi connectivity index (χ3v) is 4.91. The van der Waals surface area contributed by atoms with E-state index in [1.165, 1.54) is 19.3 Å². The van der Waals surface area contributed by atoms with E-state index in [0.29, 0.717) is 5.96 Å². The summed E-state index contributed by atoms with van der Waals surface area (Å²) in [7, 11) is 0. The molecule has 0 spiro atoms. The highest BCUT2D eigenvalue weighted by molar-refractivity contribution is 14.0. The standard InChI is InChI=1S/C17H29N7.HI/c18-16(22-14-15-4-1-5-15)19-8-3-9-23-10-12-24(13-11-23)17-20-6-2-7-21-17;/h2,6-7,15H,1,3-5,8-14H2,(H3,18,19,22);1H. The number of hydrogen-bond donors (Lipinski definition) is 2. The molecule has 2 fully saturated rings. The van der Waals surface area contributed by atoms with Crippen molar-refractivity contribution in [1.29, 1.82) is 0 Å². The van der Waals surface area contributed by atoms with Gasteiger partial charge in [-0.1, -0.05) is 6.42 Å². The number of aliphatic imine (C=N–C) groups is 1. The number of halogens is 1. The van der Waals surface area contributed by atoms with E-state index in [4.69, 9.17) is 5.73 Å². The highest BCUT2D eigenvalue weighted by Gasteiger charge is 2.18. The van der Waals surface area contributed by atoms with E-state index >= 15 is 0 Å². The maximum Gasteiger partial charge on any atom is 0.225 e. The molecular formula is C17H30IN7. The summed E-state index contributed by atoms with van der Waals surface area (Å²) in [5.41, 5.74) is 5.91. The van der Waals surface area contributed by atoms with Gasteiger partial charge in [-0.3, -0.25) is 9.89 Å². The average Bonchev–Trinajstić information content (AvgIpc) is 2.59. The zero-order chi connectivity index (χ0) is 16.6. The summed E-state index contributed by atoms with van der Waals surface area (Å²) < 4.78 is 0. The Bertz CT molecular complexity index is 513. The lowest BCUT2D eigenvalue weighted by molar-refractivity contribution is 0.254. The van der Waals surface area contributed by atoms with Gasteiger partial charge in [0.2, 0.25) is 5.95 Å². The Morgan fingerprint density at radius 3 is 2.56 bits per heavy atom. The molecule has 1 aromatic rings. The van der Waals surface area contributed by atoms with Crippen LogP contribution in [0.5, 0.6) is 0 Å². The molecule has 7 nitrogen and oxygen atoms in total. The molecule has 140 valence electrons. The van der Waals surface area contributed by atoms with E-state index in [9.17, 15) is 0 Å². The van der Waals surface area contributed by atoms with Crippen molar-refractivity contribution in [3.8, 4) is 0 Å². The van der Waals surface area contributed by atoms with Crippen molar-refractivity contribution in [1.82, 2.24) is 20.2 Å². The number of piperazine rings is 1. The van der Waals surface area contributed by atoms with Crippen LogP contribution in [0.25, 0.3) is 0 Å². The minimum absolute atomic E-state index is 0. The van der Waals surface area contributed by atoms with Gasteiger partial charge in [0.05, 0.1) is 0 Å². The molecule has 3 rings (SSSR count). The van der Waals surface area contributed by atoms with E-state index in [0.717, 1.165) is 64.1 Å². The van der Waals surface area contributed by atoms with Crippen LogP contribution in [0.1, 0.15) is 25.7 Å². The number of nitrogens with two attached hydrogens (primary N) is 1. The average molecular weight is 459 g/mol. The van der Waals surface area contributed by atoms with Crippen LogP contribution >= 0.6 is 24.0 Å². The molecule has 0 radical (unpaired) electrons. The SMILES string of the molecule is I.NC(=NCC1CCC1)NCCCN1CCN(c2ncccn2)CC1. The third kappa shape index (κ3) is 6.58. The molecule has 1 saturated heterocycles. The normalized spacial score (nSPS) is 19.2. The number of aromatic nitrogens is 2. The van der Waals surface area contributed by atoms with E-state index < -0.39 is 0 Å². The minimum atomic E-state index is 0. The van der Waals surface area contributed by atoms with Gasteiger partial charge in [-0.25, -0.2) is 9.97 Å². The highest BCUT2D eigenvalue weighted by Crippen LogP contribution is 2.26. The van der Waals surface area contributed by atoms with Gasteiger partial charge in [0.15, 0.2) is 5.96 Å². The summed E-state index contributed by atoms with van der Waals surface area (Å²) in [5.74, 6) is 2.22. The fourth-order valence-corrected chi connectivity index (χ4v) is 3.10. The zero-order valence-corrected chi connectivity index (χ0v) is 17.1. The number of guanidine groups is 1. The van der Waals surface area contributed by atoms with Crippen LogP contribution in [0.2, 0.25) is 0 Å². The van der Waals surface area contributed by atoms with Crippen molar-refractivity contribution in [2.75, 3.05) is 50.7 Å². The van der Waals surface area contributed by atoms with Crippen LogP contribution < -0.4 is 16.0 Å². The molecule has 3 N–H and O–H groups in total. The van der Waals surface area contributed by atoms with E-state index in [2.05, 4.69) is 30.1 Å². The second kappa shape index (κ2) is 10.7. The Morgan fingerprint density at radius 1 is 1.20 bits per heavy atom. The molecule has 0 unspecified atom stereocenters. The number of rotatable bonds is 7. The maximum atomic E-state index is 5.91. The zero-order valence-electron chi connectivity index (χ0n) is 14.8. The fourth-order valence-electron chi connectivity index (χ4n) is 3.10. The monoisotopic (exact) mass is 459 g/mol. The Labute approximate surface area is 167 Å². The lowest BCUT2D eigenvalue weighted by Crippen LogP contribution is -2.47. The van der Waals surface area contributed by atoms with Gasteiger partial charge in [-0.2, -0.15) is 0 Å². The van der Waals surface area contributed by atoms with Crippen LogP contribution in [0.3, 0.4) is 0 Å². The van der Waals surface area contributed by atoms with Crippen LogP contribution in [-0.4, -0.2) is 66.6 Å². The Morgan fingerprint density at radius 2 is 1.92 bits per heavy atom. The van der Waals surface area contributed by atoms with Gasteiger partial charge in [-0.05, 0) is 37.8 Å². The van der Waals surface area contributed by atoms with E-state index in [1.54, 1.807) is 12.4 Å². The van der Waals surface area contributed by atoms with Gasteiger partial charge in [0, 0.05) is 51.7 Å². The van der Waals surface area contributed by atoms with Gasteiger partial charge >= 0.3 is 0 Å². The minimum Gasteiger partial charge on any atom is -0.370 e. The molecule has 1 saturated carbocycles. The first-order valence-electron chi connectivity index (χ1n) is 9.09. The van der Waals surface area contributed by atoms with Crippen molar-refractivity contribution in [2.45, 2.75) is 25.7 Å². The van der Waals surface area contributed by atoms with Gasteiger partial charge in [0.25, 0.3) is 0 Å². The van der Waals surface area contributed by atoms with Crippen molar-refractivity contribution in [3.05, 3.63) is 18.5 Å². The third-order valence-electron chi connectivity index (χ3n) is 4.91. The smallest absolute Gasteiger partial charge is 0.225 e. The molecule has 0 amide bonds. The van der Waals surface area contributed by atoms with Crippen LogP contribution in [0.4, 0.5) is 5.95 Å². The molecule has 0 atom stereocenters. The number of anilines is 1. The Hall–Kier alpha value is -1.16. The molecule has 1 aliphatic heterocycles. The molecule has 0 aromatic carbocycles. The van der Waals surface area contributed by atoms with Crippen LogP contribution in [0.15, 0.2) is 23.5 Å². The lowest BCUT2D eigenvalue weighted by atomic mass is 9.86. The first-order chi connectivity index (χ1) is 11.8. The van der Waals surface area contributed by atoms with Crippen molar-refractivity contribution < 1.29 is 0 Å². The summed E-state index contributed by atoms with van der Waals surface area (Å²) in [6.45, 7) is 6.97. The second-order valence-electron chi connectivity index (χ2n) is 6.68. The maximum absolute atomic E-state index is 5.91. The quantitative estimate of drug-likeness (QED) is 0.277. The fraction of sp³-hybridized carbons (Fsp3) is 0.706. The molecule has 1 aliphatic carbocycles. The van der Waals surface area contributed by atoms with E-state index in [1.807, 2.05) is 6.07 Å². The molecule has 2 heterocycles. The van der Waals surface area contributed by atoms with Crippen molar-refractivity contribution in [2.24, 2.45) is 16.6 Å². The molecular weight excluding hydrogens is 429 g/mol. The first kappa shape index (κ1) is 20.2. The Balaban J connectivity index is 0.00000225. The number of nitrogens with zero attached hydrogens (tertiary/aromatic N) is 5. The van der Waals surface area contributed by atoms with Crippen molar-refractivity contribution >= 4 is 35.9 Å². The predicted molar refractivity (Wildman–Crippen MR) is 113 cm³/mol. The first-order valence-corrected chi connectivity index (χ1v) is 9.09. The molecule has 2 aliphatic rings. The predicted octanol–water partition coefficient (Wildman–Crippen LogP) is 1.31. The summed E-state index contributed by atoms with van der Waals surface area (Å²) in [6, 6.07) is 1.86. The number of hydrogen-bond acceptors (Lipinski definition) is 5. The molecule has 0 bridgehead atoms. The van der Waals surface area contributed by atoms with E-state index in [-0.39, 0.29) is 24.0 Å². The summed E-state index contributed by atoms with van der Waals surface area (Å²) >= 11 is 0. The number of nitrogens with one attached hydrogen (secondary N) is 1. The van der Waals surface area contributed by atoms with Crippen molar-refractivity contribution in [3.63, 3.8) is 0 Å². The lowest BCUT2D eigenvalue weighted by Gasteiger charge is -2.34. The molecule has 8 heteroatoms. The topological polar surface area (TPSA) is 82.7 Å². The highest BCUT2D eigenvalue weighted by atomic mass is 127. The largest absolute Gasteiger partial charge is 0.370 e. The van der Waals surface area contributed by atoms with Gasteiger partial charge in [0.1, 0.15) is 0 Å². The second-order valence-corrected chi connectivity index (χ2v) is 6.68. The van der Waals surface area contributed by atoms with Gasteiger partial charge in [-0.15, -0.1) is 24.0 Å². The van der Waals surface area contributed by atoms with Crippen LogP contribution in [0, 0.1) is 5.92 Å². The Kier molecular flexibility index (Phi) is 8.66. The summed E-state index contributed by atoms with van der Waals surface area (Å²) in [4.78, 5) is 17.8. The summed E-state index contributed by atoms with van der Waals surface area (Å²) in [5, 5.41) is 3.23.